The van der Waals surface area contributed by atoms with Crippen LogP contribution in [0.5, 0.6) is 5.75 Å². The van der Waals surface area contributed by atoms with E-state index in [4.69, 9.17) is 5.73 Å². The molecule has 1 aliphatic carbocycles. The van der Waals surface area contributed by atoms with E-state index in [0.29, 0.717) is 12.8 Å². The quantitative estimate of drug-likeness (QED) is 0.752. The van der Waals surface area contributed by atoms with E-state index in [0.717, 1.165) is 25.0 Å². The summed E-state index contributed by atoms with van der Waals surface area (Å²) < 4.78 is 27.1. The predicted molar refractivity (Wildman–Crippen MR) is 52.4 cm³/mol. The van der Waals surface area contributed by atoms with E-state index in [2.05, 4.69) is 0 Å². The van der Waals surface area contributed by atoms with Crippen molar-refractivity contribution in [1.29, 1.82) is 0 Å². The summed E-state index contributed by atoms with van der Waals surface area (Å²) >= 11 is 0. The van der Waals surface area contributed by atoms with Gasteiger partial charge in [0.25, 0.3) is 0 Å². The van der Waals surface area contributed by atoms with Gasteiger partial charge in [0, 0.05) is 11.1 Å². The lowest BCUT2D eigenvalue weighted by Crippen LogP contribution is -2.35. The van der Waals surface area contributed by atoms with Crippen LogP contribution in [-0.4, -0.2) is 5.11 Å². The summed E-state index contributed by atoms with van der Waals surface area (Å²) in [4.78, 5) is 0. The summed E-state index contributed by atoms with van der Waals surface area (Å²) in [5, 5.41) is 9.20. The number of phenols is 1. The maximum atomic E-state index is 13.6. The second-order valence-corrected chi connectivity index (χ2v) is 4.12. The molecule has 0 bridgehead atoms. The molecule has 0 radical (unpaired) electrons. The van der Waals surface area contributed by atoms with Crippen LogP contribution in [0.4, 0.5) is 8.78 Å². The van der Waals surface area contributed by atoms with Crippen molar-refractivity contribution in [3.63, 3.8) is 0 Å². The zero-order chi connectivity index (χ0) is 11.1. The number of hydrogen-bond acceptors (Lipinski definition) is 2. The predicted octanol–water partition coefficient (Wildman–Crippen LogP) is 2.40. The Morgan fingerprint density at radius 1 is 1.20 bits per heavy atom. The number of hydrogen-bond donors (Lipinski definition) is 2. The first-order valence-corrected chi connectivity index (χ1v) is 5.01. The number of nitrogens with two attached hydrogens (primary N) is 1. The second-order valence-electron chi connectivity index (χ2n) is 4.12. The molecule has 1 aromatic rings. The van der Waals surface area contributed by atoms with Gasteiger partial charge in [-0.05, 0) is 25.0 Å². The monoisotopic (exact) mass is 213 g/mol. The van der Waals surface area contributed by atoms with Gasteiger partial charge in [-0.15, -0.1) is 0 Å². The molecule has 0 aliphatic heterocycles. The first-order valence-electron chi connectivity index (χ1n) is 5.01. The SMILES string of the molecule is NC1(c2c(F)ccc(O)c2F)CCCC1. The summed E-state index contributed by atoms with van der Waals surface area (Å²) in [6, 6.07) is 2.06. The molecular weight excluding hydrogens is 200 g/mol. The molecule has 82 valence electrons. The van der Waals surface area contributed by atoms with E-state index in [-0.39, 0.29) is 5.56 Å². The number of aromatic hydroxyl groups is 1. The van der Waals surface area contributed by atoms with Crippen molar-refractivity contribution in [2.24, 2.45) is 5.73 Å². The highest BCUT2D eigenvalue weighted by Crippen LogP contribution is 2.40. The van der Waals surface area contributed by atoms with E-state index in [1.807, 2.05) is 0 Å². The van der Waals surface area contributed by atoms with Gasteiger partial charge in [-0.1, -0.05) is 12.8 Å². The van der Waals surface area contributed by atoms with E-state index < -0.39 is 22.9 Å². The molecule has 2 nitrogen and oxygen atoms in total. The summed E-state index contributed by atoms with van der Waals surface area (Å²) in [6.45, 7) is 0. The minimum atomic E-state index is -0.951. The molecule has 2 rings (SSSR count). The zero-order valence-electron chi connectivity index (χ0n) is 8.26. The number of rotatable bonds is 1. The van der Waals surface area contributed by atoms with Crippen LogP contribution in [0.25, 0.3) is 0 Å². The lowest BCUT2D eigenvalue weighted by atomic mass is 9.88. The van der Waals surface area contributed by atoms with Crippen molar-refractivity contribution < 1.29 is 13.9 Å². The van der Waals surface area contributed by atoms with Gasteiger partial charge < -0.3 is 10.8 Å². The van der Waals surface area contributed by atoms with Crippen LogP contribution < -0.4 is 5.73 Å². The fourth-order valence-electron chi connectivity index (χ4n) is 2.25. The van der Waals surface area contributed by atoms with Gasteiger partial charge in [0.05, 0.1) is 0 Å². The molecule has 4 heteroatoms. The van der Waals surface area contributed by atoms with Crippen molar-refractivity contribution in [2.75, 3.05) is 0 Å². The zero-order valence-corrected chi connectivity index (χ0v) is 8.26. The molecule has 1 aliphatic rings. The van der Waals surface area contributed by atoms with Gasteiger partial charge in [-0.3, -0.25) is 0 Å². The summed E-state index contributed by atoms with van der Waals surface area (Å²) in [6.07, 6.45) is 2.85. The summed E-state index contributed by atoms with van der Waals surface area (Å²) in [7, 11) is 0. The number of halogens is 2. The van der Waals surface area contributed by atoms with Crippen molar-refractivity contribution in [3.8, 4) is 5.75 Å². The third-order valence-corrected chi connectivity index (χ3v) is 3.06. The third kappa shape index (κ3) is 1.59. The molecule has 1 fully saturated rings. The van der Waals surface area contributed by atoms with E-state index in [9.17, 15) is 13.9 Å². The molecule has 0 aromatic heterocycles. The van der Waals surface area contributed by atoms with E-state index in [1.165, 1.54) is 0 Å². The largest absolute Gasteiger partial charge is 0.505 e. The van der Waals surface area contributed by atoms with Gasteiger partial charge in [0.15, 0.2) is 11.6 Å². The fraction of sp³-hybridized carbons (Fsp3) is 0.455. The molecule has 3 N–H and O–H groups in total. The average Bonchev–Trinajstić information content (AvgIpc) is 2.60. The molecule has 15 heavy (non-hydrogen) atoms. The molecular formula is C11H13F2NO. The lowest BCUT2D eigenvalue weighted by Gasteiger charge is -2.25. The Labute approximate surface area is 86.7 Å². The van der Waals surface area contributed by atoms with E-state index >= 15 is 0 Å². The molecule has 0 amide bonds. The Morgan fingerprint density at radius 3 is 2.40 bits per heavy atom. The molecule has 1 aromatic carbocycles. The van der Waals surface area contributed by atoms with Crippen LogP contribution in [0.15, 0.2) is 12.1 Å². The van der Waals surface area contributed by atoms with Gasteiger partial charge in [-0.25, -0.2) is 8.78 Å². The Morgan fingerprint density at radius 2 is 1.80 bits per heavy atom. The van der Waals surface area contributed by atoms with Gasteiger partial charge in [-0.2, -0.15) is 0 Å². The minimum Gasteiger partial charge on any atom is -0.505 e. The smallest absolute Gasteiger partial charge is 0.172 e. The van der Waals surface area contributed by atoms with Crippen LogP contribution in [0.2, 0.25) is 0 Å². The Hall–Kier alpha value is -1.16. The standard InChI is InChI=1S/C11H13F2NO/c12-7-3-4-8(15)10(13)9(7)11(14)5-1-2-6-11/h3-4,15H,1-2,5-6,14H2. The highest BCUT2D eigenvalue weighted by molar-refractivity contribution is 5.36. The highest BCUT2D eigenvalue weighted by Gasteiger charge is 2.37. The number of phenolic OH excluding ortho intramolecular Hbond substituents is 1. The molecule has 0 unspecified atom stereocenters. The van der Waals surface area contributed by atoms with Crippen LogP contribution in [0.1, 0.15) is 31.2 Å². The Bertz CT molecular complexity index is 386. The Kier molecular flexibility index (Phi) is 2.38. The first-order chi connectivity index (χ1) is 7.04. The van der Waals surface area contributed by atoms with Gasteiger partial charge in [0.1, 0.15) is 5.82 Å². The van der Waals surface area contributed by atoms with Gasteiger partial charge in [0.2, 0.25) is 0 Å². The summed E-state index contributed by atoms with van der Waals surface area (Å²) in [5.41, 5.74) is 4.84. The third-order valence-electron chi connectivity index (χ3n) is 3.06. The lowest BCUT2D eigenvalue weighted by molar-refractivity contribution is 0.375. The molecule has 0 saturated heterocycles. The maximum absolute atomic E-state index is 13.6. The van der Waals surface area contributed by atoms with Crippen LogP contribution >= 0.6 is 0 Å². The van der Waals surface area contributed by atoms with Crippen molar-refractivity contribution in [2.45, 2.75) is 31.2 Å². The second kappa shape index (κ2) is 3.45. The van der Waals surface area contributed by atoms with Crippen LogP contribution in [-0.2, 0) is 5.54 Å². The molecule has 0 spiro atoms. The van der Waals surface area contributed by atoms with Crippen molar-refractivity contribution in [3.05, 3.63) is 29.3 Å². The topological polar surface area (TPSA) is 46.2 Å². The minimum absolute atomic E-state index is 0.167. The molecule has 1 saturated carbocycles. The first kappa shape index (κ1) is 10.4. The Balaban J connectivity index is 2.55. The number of benzene rings is 1. The van der Waals surface area contributed by atoms with Crippen molar-refractivity contribution in [1.82, 2.24) is 0 Å². The van der Waals surface area contributed by atoms with Gasteiger partial charge >= 0.3 is 0 Å². The normalized spacial score (nSPS) is 19.4. The van der Waals surface area contributed by atoms with Crippen molar-refractivity contribution >= 4 is 0 Å². The average molecular weight is 213 g/mol. The molecule has 0 heterocycles. The highest BCUT2D eigenvalue weighted by atomic mass is 19.1. The van der Waals surface area contributed by atoms with Crippen LogP contribution in [0, 0.1) is 11.6 Å². The van der Waals surface area contributed by atoms with Crippen LogP contribution in [0.3, 0.4) is 0 Å². The maximum Gasteiger partial charge on any atom is 0.172 e. The van der Waals surface area contributed by atoms with E-state index in [1.54, 1.807) is 0 Å². The fourth-order valence-corrected chi connectivity index (χ4v) is 2.25. The summed E-state index contributed by atoms with van der Waals surface area (Å²) in [5.74, 6) is -2.13. The molecule has 0 atom stereocenters.